The molecule has 24 heavy (non-hydrogen) atoms. The molecule has 0 aliphatic carbocycles. The van der Waals surface area contributed by atoms with Crippen molar-refractivity contribution in [2.45, 2.75) is 13.0 Å². The molecule has 0 saturated heterocycles. The lowest BCUT2D eigenvalue weighted by Crippen LogP contribution is -2.31. The van der Waals surface area contributed by atoms with Crippen LogP contribution in [0.4, 0.5) is 0 Å². The van der Waals surface area contributed by atoms with E-state index in [1.807, 2.05) is 31.2 Å². The smallest absolute Gasteiger partial charge is 0.270 e. The summed E-state index contributed by atoms with van der Waals surface area (Å²) in [6.45, 7) is 1.93. The highest BCUT2D eigenvalue weighted by molar-refractivity contribution is 6.30. The zero-order valence-corrected chi connectivity index (χ0v) is 14.2. The van der Waals surface area contributed by atoms with Crippen molar-refractivity contribution in [2.24, 2.45) is 0 Å². The van der Waals surface area contributed by atoms with Gasteiger partial charge in [0.05, 0.1) is 6.04 Å². The SMILES string of the molecule is CC(c1ccc(Cl)cc1)N(C)C(=O)c1cc2ccccc2c(=O)[nH]1. The topological polar surface area (TPSA) is 53.2 Å². The maximum Gasteiger partial charge on any atom is 0.270 e. The van der Waals surface area contributed by atoms with E-state index in [1.165, 1.54) is 0 Å². The number of H-pyrrole nitrogens is 1. The molecule has 1 heterocycles. The van der Waals surface area contributed by atoms with E-state index in [9.17, 15) is 9.59 Å². The molecule has 0 fully saturated rings. The normalized spacial score (nSPS) is 12.1. The lowest BCUT2D eigenvalue weighted by Gasteiger charge is -2.25. The molecule has 1 unspecified atom stereocenters. The minimum atomic E-state index is -0.260. The highest BCUT2D eigenvalue weighted by Gasteiger charge is 2.20. The third kappa shape index (κ3) is 3.05. The van der Waals surface area contributed by atoms with Crippen LogP contribution in [0, 0.1) is 0 Å². The van der Waals surface area contributed by atoms with Crippen molar-refractivity contribution in [3.05, 3.63) is 81.2 Å². The largest absolute Gasteiger partial charge is 0.334 e. The summed E-state index contributed by atoms with van der Waals surface area (Å²) in [7, 11) is 1.72. The first kappa shape index (κ1) is 16.3. The van der Waals surface area contributed by atoms with Crippen LogP contribution in [-0.4, -0.2) is 22.8 Å². The minimum absolute atomic E-state index is 0.148. The molecule has 1 atom stereocenters. The Kier molecular flexibility index (Phi) is 4.40. The van der Waals surface area contributed by atoms with Crippen LogP contribution in [0.1, 0.15) is 29.0 Å². The summed E-state index contributed by atoms with van der Waals surface area (Å²) >= 11 is 5.91. The van der Waals surface area contributed by atoms with Gasteiger partial charge in [-0.3, -0.25) is 9.59 Å². The number of rotatable bonds is 3. The van der Waals surface area contributed by atoms with Crippen molar-refractivity contribution >= 4 is 28.3 Å². The number of carbonyl (C=O) groups excluding carboxylic acids is 1. The first-order valence-electron chi connectivity index (χ1n) is 7.62. The first-order chi connectivity index (χ1) is 11.5. The fourth-order valence-electron chi connectivity index (χ4n) is 2.66. The summed E-state index contributed by atoms with van der Waals surface area (Å²) in [6, 6.07) is 16.1. The number of fused-ring (bicyclic) bond motifs is 1. The Balaban J connectivity index is 1.93. The zero-order valence-electron chi connectivity index (χ0n) is 13.4. The number of carbonyl (C=O) groups is 1. The van der Waals surface area contributed by atoms with Crippen LogP contribution < -0.4 is 5.56 Å². The van der Waals surface area contributed by atoms with Gasteiger partial charge in [0.15, 0.2) is 0 Å². The Hall–Kier alpha value is -2.59. The van der Waals surface area contributed by atoms with Gasteiger partial charge in [0.25, 0.3) is 11.5 Å². The molecule has 0 aliphatic heterocycles. The zero-order chi connectivity index (χ0) is 17.3. The average Bonchev–Trinajstić information content (AvgIpc) is 2.60. The number of amides is 1. The third-order valence-electron chi connectivity index (χ3n) is 4.24. The van der Waals surface area contributed by atoms with E-state index in [-0.39, 0.29) is 23.2 Å². The van der Waals surface area contributed by atoms with Crippen LogP contribution in [0.5, 0.6) is 0 Å². The van der Waals surface area contributed by atoms with Gasteiger partial charge in [-0.25, -0.2) is 0 Å². The summed E-state index contributed by atoms with van der Waals surface area (Å²) in [5.74, 6) is -0.236. The molecule has 122 valence electrons. The number of halogens is 1. The first-order valence-corrected chi connectivity index (χ1v) is 8.00. The van der Waals surface area contributed by atoms with E-state index in [2.05, 4.69) is 4.98 Å². The monoisotopic (exact) mass is 340 g/mol. The van der Waals surface area contributed by atoms with Crippen molar-refractivity contribution in [1.29, 1.82) is 0 Å². The summed E-state index contributed by atoms with van der Waals surface area (Å²) in [5.41, 5.74) is 0.990. The Morgan fingerprint density at radius 1 is 1.12 bits per heavy atom. The van der Waals surface area contributed by atoms with Crippen molar-refractivity contribution in [3.63, 3.8) is 0 Å². The molecule has 0 bridgehead atoms. The van der Waals surface area contributed by atoms with Crippen LogP contribution in [0.25, 0.3) is 10.8 Å². The third-order valence-corrected chi connectivity index (χ3v) is 4.49. The van der Waals surface area contributed by atoms with E-state index in [0.29, 0.717) is 10.4 Å². The predicted molar refractivity (Wildman–Crippen MR) is 96.5 cm³/mol. The Labute approximate surface area is 144 Å². The van der Waals surface area contributed by atoms with Gasteiger partial charge in [-0.15, -0.1) is 0 Å². The summed E-state index contributed by atoms with van der Waals surface area (Å²) in [5, 5.41) is 1.97. The summed E-state index contributed by atoms with van der Waals surface area (Å²) in [6.07, 6.45) is 0. The van der Waals surface area contributed by atoms with Gasteiger partial charge in [0.1, 0.15) is 5.69 Å². The molecular weight excluding hydrogens is 324 g/mol. The van der Waals surface area contributed by atoms with Crippen LogP contribution in [0.3, 0.4) is 0 Å². The van der Waals surface area contributed by atoms with Gasteiger partial charge in [-0.05, 0) is 42.1 Å². The van der Waals surface area contributed by atoms with Crippen LogP contribution in [-0.2, 0) is 0 Å². The lowest BCUT2D eigenvalue weighted by molar-refractivity contribution is 0.0736. The second-order valence-electron chi connectivity index (χ2n) is 5.74. The van der Waals surface area contributed by atoms with E-state index < -0.39 is 0 Å². The molecule has 4 nitrogen and oxygen atoms in total. The molecule has 5 heteroatoms. The van der Waals surface area contributed by atoms with Crippen LogP contribution in [0.2, 0.25) is 5.02 Å². The van der Waals surface area contributed by atoms with E-state index in [4.69, 9.17) is 11.6 Å². The quantitative estimate of drug-likeness (QED) is 0.783. The molecule has 0 aliphatic rings. The van der Waals surface area contributed by atoms with Gasteiger partial charge >= 0.3 is 0 Å². The molecule has 1 aromatic heterocycles. The van der Waals surface area contributed by atoms with Gasteiger partial charge in [-0.1, -0.05) is 41.9 Å². The lowest BCUT2D eigenvalue weighted by atomic mass is 10.1. The molecule has 3 aromatic rings. The second-order valence-corrected chi connectivity index (χ2v) is 6.18. The van der Waals surface area contributed by atoms with Crippen molar-refractivity contribution < 1.29 is 4.79 Å². The molecule has 0 saturated carbocycles. The summed E-state index contributed by atoms with van der Waals surface area (Å²) in [4.78, 5) is 29.2. The fraction of sp³-hybridized carbons (Fsp3) is 0.158. The molecule has 1 amide bonds. The number of aromatic nitrogens is 1. The Bertz CT molecular complexity index is 947. The van der Waals surface area contributed by atoms with Crippen molar-refractivity contribution in [2.75, 3.05) is 7.05 Å². The number of benzene rings is 2. The van der Waals surface area contributed by atoms with Gasteiger partial charge in [0, 0.05) is 17.5 Å². The van der Waals surface area contributed by atoms with E-state index in [1.54, 1.807) is 42.3 Å². The highest BCUT2D eigenvalue weighted by Crippen LogP contribution is 2.22. The van der Waals surface area contributed by atoms with Gasteiger partial charge < -0.3 is 9.88 Å². The number of nitrogens with zero attached hydrogens (tertiary/aromatic N) is 1. The molecule has 0 radical (unpaired) electrons. The number of nitrogens with one attached hydrogen (secondary N) is 1. The number of hydrogen-bond acceptors (Lipinski definition) is 2. The van der Waals surface area contributed by atoms with E-state index in [0.717, 1.165) is 10.9 Å². The van der Waals surface area contributed by atoms with Crippen molar-refractivity contribution in [1.82, 2.24) is 9.88 Å². The Morgan fingerprint density at radius 2 is 1.79 bits per heavy atom. The van der Waals surface area contributed by atoms with Crippen molar-refractivity contribution in [3.8, 4) is 0 Å². The van der Waals surface area contributed by atoms with Gasteiger partial charge in [-0.2, -0.15) is 0 Å². The molecule has 3 rings (SSSR count). The standard InChI is InChI=1S/C19H17ClN2O2/c1-12(13-7-9-15(20)10-8-13)22(2)19(24)17-11-14-5-3-4-6-16(14)18(23)21-17/h3-12H,1-2H3,(H,21,23). The average molecular weight is 341 g/mol. The minimum Gasteiger partial charge on any atom is -0.334 e. The van der Waals surface area contributed by atoms with Crippen LogP contribution >= 0.6 is 11.6 Å². The number of pyridine rings is 1. The maximum atomic E-state index is 12.8. The number of aromatic amines is 1. The molecule has 1 N–H and O–H groups in total. The number of hydrogen-bond donors (Lipinski definition) is 1. The second kappa shape index (κ2) is 6.49. The summed E-state index contributed by atoms with van der Waals surface area (Å²) < 4.78 is 0. The highest BCUT2D eigenvalue weighted by atomic mass is 35.5. The predicted octanol–water partition coefficient (Wildman–Crippen LogP) is 4.01. The fourth-order valence-corrected chi connectivity index (χ4v) is 2.78. The maximum absolute atomic E-state index is 12.8. The molecule has 2 aromatic carbocycles. The van der Waals surface area contributed by atoms with E-state index >= 15 is 0 Å². The molecular formula is C19H17ClN2O2. The van der Waals surface area contributed by atoms with Crippen LogP contribution in [0.15, 0.2) is 59.4 Å². The molecule has 0 spiro atoms. The van der Waals surface area contributed by atoms with Gasteiger partial charge in [0.2, 0.25) is 0 Å². The Morgan fingerprint density at radius 3 is 2.50 bits per heavy atom.